The van der Waals surface area contributed by atoms with E-state index in [4.69, 9.17) is 15.9 Å². The van der Waals surface area contributed by atoms with Crippen LogP contribution in [0.5, 0.6) is 11.5 Å². The molecule has 96 valence electrons. The Hall–Kier alpha value is -2.19. The van der Waals surface area contributed by atoms with Crippen LogP contribution in [0.4, 0.5) is 5.69 Å². The van der Waals surface area contributed by atoms with Crippen LogP contribution in [0.2, 0.25) is 0 Å². The molecule has 1 aromatic rings. The zero-order valence-corrected chi connectivity index (χ0v) is 10.4. The maximum absolute atomic E-state index is 11.6. The summed E-state index contributed by atoms with van der Waals surface area (Å²) in [6.45, 7) is 0.493. The summed E-state index contributed by atoms with van der Waals surface area (Å²) >= 11 is 0. The molecule has 1 amide bonds. The van der Waals surface area contributed by atoms with E-state index in [1.807, 2.05) is 0 Å². The number of hydrogen-bond donors (Lipinski definition) is 2. The molecule has 0 aromatic heterocycles. The average molecular weight is 248 g/mol. The van der Waals surface area contributed by atoms with Gasteiger partial charge >= 0.3 is 0 Å². The lowest BCUT2D eigenvalue weighted by Crippen LogP contribution is -2.28. The average Bonchev–Trinajstić information content (AvgIpc) is 2.39. The Morgan fingerprint density at radius 3 is 2.78 bits per heavy atom. The van der Waals surface area contributed by atoms with Crippen molar-refractivity contribution in [3.8, 4) is 23.8 Å². The lowest BCUT2D eigenvalue weighted by atomic mass is 10.2. The quantitative estimate of drug-likeness (QED) is 0.579. The Morgan fingerprint density at radius 1 is 1.39 bits per heavy atom. The summed E-state index contributed by atoms with van der Waals surface area (Å²) in [6, 6.07) is 5.17. The number of benzene rings is 1. The predicted octanol–water partition coefficient (Wildman–Crippen LogP) is 0.865. The van der Waals surface area contributed by atoms with Crippen LogP contribution in [0.15, 0.2) is 18.2 Å². The van der Waals surface area contributed by atoms with Crippen molar-refractivity contribution in [1.29, 1.82) is 0 Å². The summed E-state index contributed by atoms with van der Waals surface area (Å²) < 4.78 is 10.2. The van der Waals surface area contributed by atoms with Crippen LogP contribution in [-0.2, 0) is 4.79 Å². The van der Waals surface area contributed by atoms with Gasteiger partial charge in [0.15, 0.2) is 0 Å². The summed E-state index contributed by atoms with van der Waals surface area (Å²) in [5, 5.41) is 5.52. The van der Waals surface area contributed by atoms with Gasteiger partial charge in [0.05, 0.1) is 33.0 Å². The fourth-order valence-corrected chi connectivity index (χ4v) is 1.35. The number of terminal acetylenes is 1. The lowest BCUT2D eigenvalue weighted by molar-refractivity contribution is -0.115. The van der Waals surface area contributed by atoms with Gasteiger partial charge in [-0.1, -0.05) is 5.92 Å². The van der Waals surface area contributed by atoms with Crippen molar-refractivity contribution in [3.63, 3.8) is 0 Å². The van der Waals surface area contributed by atoms with Gasteiger partial charge in [-0.15, -0.1) is 6.42 Å². The molecule has 18 heavy (non-hydrogen) atoms. The van der Waals surface area contributed by atoms with E-state index in [1.165, 1.54) is 7.11 Å². The zero-order valence-electron chi connectivity index (χ0n) is 10.4. The second kappa shape index (κ2) is 7.20. The van der Waals surface area contributed by atoms with Gasteiger partial charge < -0.3 is 14.8 Å². The van der Waals surface area contributed by atoms with E-state index in [1.54, 1.807) is 25.3 Å². The third-order valence-corrected chi connectivity index (χ3v) is 2.19. The first-order valence-electron chi connectivity index (χ1n) is 5.37. The molecule has 5 heteroatoms. The second-order valence-corrected chi connectivity index (χ2v) is 3.42. The number of nitrogens with one attached hydrogen (secondary N) is 2. The van der Waals surface area contributed by atoms with Crippen molar-refractivity contribution in [2.45, 2.75) is 0 Å². The lowest BCUT2D eigenvalue weighted by Gasteiger charge is -2.11. The molecule has 0 bridgehead atoms. The number of carbonyl (C=O) groups is 1. The minimum atomic E-state index is -0.197. The normalized spacial score (nSPS) is 9.39. The highest BCUT2D eigenvalue weighted by molar-refractivity contribution is 5.94. The van der Waals surface area contributed by atoms with E-state index >= 15 is 0 Å². The maximum atomic E-state index is 11.6. The standard InChI is InChI=1S/C13H16N2O3/c1-4-7-14-9-13(16)15-11-8-10(17-2)5-6-12(11)18-3/h1,5-6,8,14H,7,9H2,2-3H3,(H,15,16). The fourth-order valence-electron chi connectivity index (χ4n) is 1.35. The number of rotatable bonds is 6. The number of ether oxygens (including phenoxy) is 2. The van der Waals surface area contributed by atoms with Crippen molar-refractivity contribution in [3.05, 3.63) is 18.2 Å². The summed E-state index contributed by atoms with van der Waals surface area (Å²) in [5.41, 5.74) is 0.560. The van der Waals surface area contributed by atoms with Gasteiger partial charge in [0.25, 0.3) is 0 Å². The van der Waals surface area contributed by atoms with Crippen LogP contribution in [0.1, 0.15) is 0 Å². The number of hydrogen-bond acceptors (Lipinski definition) is 4. The summed E-state index contributed by atoms with van der Waals surface area (Å²) in [5.74, 6) is 3.41. The largest absolute Gasteiger partial charge is 0.497 e. The monoisotopic (exact) mass is 248 g/mol. The van der Waals surface area contributed by atoms with Crippen LogP contribution in [0, 0.1) is 12.3 Å². The minimum Gasteiger partial charge on any atom is -0.497 e. The second-order valence-electron chi connectivity index (χ2n) is 3.42. The Bertz CT molecular complexity index is 452. The molecule has 0 saturated carbocycles. The van der Waals surface area contributed by atoms with Crippen LogP contribution < -0.4 is 20.1 Å². The molecule has 0 fully saturated rings. The van der Waals surface area contributed by atoms with Gasteiger partial charge in [0.1, 0.15) is 11.5 Å². The highest BCUT2D eigenvalue weighted by Crippen LogP contribution is 2.28. The molecule has 0 atom stereocenters. The van der Waals surface area contributed by atoms with E-state index in [-0.39, 0.29) is 12.5 Å². The summed E-state index contributed by atoms with van der Waals surface area (Å²) in [6.07, 6.45) is 5.07. The number of carbonyl (C=O) groups excluding carboxylic acids is 1. The SMILES string of the molecule is C#CCNCC(=O)Nc1cc(OC)ccc1OC. The van der Waals surface area contributed by atoms with Crippen molar-refractivity contribution in [2.24, 2.45) is 0 Å². The van der Waals surface area contributed by atoms with Crippen LogP contribution in [0.3, 0.4) is 0 Å². The predicted molar refractivity (Wildman–Crippen MR) is 69.9 cm³/mol. The Balaban J connectivity index is 2.70. The first-order chi connectivity index (χ1) is 8.71. The molecule has 1 rings (SSSR count). The first kappa shape index (κ1) is 13.9. The van der Waals surface area contributed by atoms with Crippen molar-refractivity contribution in [1.82, 2.24) is 5.32 Å². The molecule has 2 N–H and O–H groups in total. The van der Waals surface area contributed by atoms with E-state index in [2.05, 4.69) is 16.6 Å². The van der Waals surface area contributed by atoms with E-state index in [9.17, 15) is 4.79 Å². The summed E-state index contributed by atoms with van der Waals surface area (Å²) in [7, 11) is 3.09. The molecule has 0 unspecified atom stereocenters. The molecule has 0 radical (unpaired) electrons. The van der Waals surface area contributed by atoms with Gasteiger partial charge in [-0.25, -0.2) is 0 Å². The highest BCUT2D eigenvalue weighted by Gasteiger charge is 2.08. The third kappa shape index (κ3) is 4.00. The van der Waals surface area contributed by atoms with E-state index in [0.29, 0.717) is 23.7 Å². The number of amides is 1. The van der Waals surface area contributed by atoms with Crippen molar-refractivity contribution in [2.75, 3.05) is 32.6 Å². The first-order valence-corrected chi connectivity index (χ1v) is 5.37. The molecule has 0 saturated heterocycles. The third-order valence-electron chi connectivity index (χ3n) is 2.19. The minimum absolute atomic E-state index is 0.143. The highest BCUT2D eigenvalue weighted by atomic mass is 16.5. The Morgan fingerprint density at radius 2 is 2.17 bits per heavy atom. The molecule has 0 aliphatic rings. The number of anilines is 1. The molecule has 0 spiro atoms. The molecule has 1 aromatic carbocycles. The smallest absolute Gasteiger partial charge is 0.238 e. The Labute approximate surface area is 106 Å². The fraction of sp³-hybridized carbons (Fsp3) is 0.308. The molecular formula is C13H16N2O3. The summed E-state index contributed by atoms with van der Waals surface area (Å²) in [4.78, 5) is 11.6. The van der Waals surface area contributed by atoms with Crippen LogP contribution in [0.25, 0.3) is 0 Å². The molecule has 0 aliphatic carbocycles. The molecular weight excluding hydrogens is 232 g/mol. The van der Waals surface area contributed by atoms with E-state index < -0.39 is 0 Å². The van der Waals surface area contributed by atoms with Gasteiger partial charge in [-0.3, -0.25) is 10.1 Å². The van der Waals surface area contributed by atoms with Crippen LogP contribution >= 0.6 is 0 Å². The molecule has 0 aliphatic heterocycles. The Kier molecular flexibility index (Phi) is 5.55. The maximum Gasteiger partial charge on any atom is 0.238 e. The molecule has 5 nitrogen and oxygen atoms in total. The van der Waals surface area contributed by atoms with Crippen molar-refractivity contribution < 1.29 is 14.3 Å². The van der Waals surface area contributed by atoms with Crippen molar-refractivity contribution >= 4 is 11.6 Å². The topological polar surface area (TPSA) is 59.6 Å². The number of methoxy groups -OCH3 is 2. The zero-order chi connectivity index (χ0) is 13.4. The molecule has 0 heterocycles. The van der Waals surface area contributed by atoms with Gasteiger partial charge in [-0.2, -0.15) is 0 Å². The van der Waals surface area contributed by atoms with Gasteiger partial charge in [-0.05, 0) is 12.1 Å². The van der Waals surface area contributed by atoms with Gasteiger partial charge in [0, 0.05) is 6.07 Å². The van der Waals surface area contributed by atoms with Gasteiger partial charge in [0.2, 0.25) is 5.91 Å². The van der Waals surface area contributed by atoms with E-state index in [0.717, 1.165) is 0 Å². The van der Waals surface area contributed by atoms with Crippen LogP contribution in [-0.4, -0.2) is 33.2 Å².